The number of carbonyl (C=O) groups is 1. The van der Waals surface area contributed by atoms with E-state index in [9.17, 15) is 4.79 Å². The molecule has 1 atom stereocenters. The Bertz CT molecular complexity index is 1040. The number of halogens is 1. The highest BCUT2D eigenvalue weighted by Gasteiger charge is 2.20. The molecule has 2 aromatic carbocycles. The van der Waals surface area contributed by atoms with E-state index >= 15 is 0 Å². The molecule has 164 valence electrons. The van der Waals surface area contributed by atoms with Crippen molar-refractivity contribution in [2.24, 2.45) is 7.05 Å². The lowest BCUT2D eigenvalue weighted by molar-refractivity contribution is -0.115. The Balaban J connectivity index is 1.58. The fourth-order valence-corrected chi connectivity index (χ4v) is 3.81. The van der Waals surface area contributed by atoms with Gasteiger partial charge in [-0.25, -0.2) is 0 Å². The minimum atomic E-state index is -0.345. The molecule has 1 aromatic heterocycles. The maximum atomic E-state index is 12.6. The summed E-state index contributed by atoms with van der Waals surface area (Å²) in [7, 11) is 1.85. The van der Waals surface area contributed by atoms with Gasteiger partial charge in [0.05, 0.1) is 10.3 Å². The number of hydrogen-bond donors (Lipinski definition) is 1. The van der Waals surface area contributed by atoms with Crippen LogP contribution in [-0.2, 0) is 23.9 Å². The summed E-state index contributed by atoms with van der Waals surface area (Å²) in [5.74, 6) is 1.14. The summed E-state index contributed by atoms with van der Waals surface area (Å²) in [6.07, 6.45) is 0. The largest absolute Gasteiger partial charge is 0.484 e. The van der Waals surface area contributed by atoms with Crippen molar-refractivity contribution in [3.8, 4) is 5.75 Å². The molecule has 1 heterocycles. The molecule has 0 aliphatic carbocycles. The van der Waals surface area contributed by atoms with Crippen molar-refractivity contribution in [2.75, 3.05) is 5.32 Å². The van der Waals surface area contributed by atoms with E-state index in [4.69, 9.17) is 16.3 Å². The van der Waals surface area contributed by atoms with Gasteiger partial charge in [-0.05, 0) is 42.2 Å². The lowest BCUT2D eigenvalue weighted by Crippen LogP contribution is -2.23. The van der Waals surface area contributed by atoms with E-state index in [-0.39, 0.29) is 23.2 Å². The van der Waals surface area contributed by atoms with Crippen LogP contribution in [0.3, 0.4) is 0 Å². The van der Waals surface area contributed by atoms with Crippen LogP contribution in [0.1, 0.15) is 39.1 Å². The number of hydrogen-bond acceptors (Lipinski definition) is 5. The highest BCUT2D eigenvalue weighted by atomic mass is 35.5. The normalized spacial score (nSPS) is 12.5. The summed E-state index contributed by atoms with van der Waals surface area (Å²) < 4.78 is 7.56. The average Bonchev–Trinajstić information content (AvgIpc) is 3.06. The van der Waals surface area contributed by atoms with Gasteiger partial charge in [-0.15, -0.1) is 10.2 Å². The minimum absolute atomic E-state index is 0.0736. The smallest absolute Gasteiger partial charge is 0.237 e. The summed E-state index contributed by atoms with van der Waals surface area (Å²) in [6, 6.07) is 15.2. The monoisotopic (exact) mass is 458 g/mol. The van der Waals surface area contributed by atoms with Crippen molar-refractivity contribution in [3.05, 3.63) is 64.9 Å². The first-order valence-corrected chi connectivity index (χ1v) is 11.2. The van der Waals surface area contributed by atoms with Crippen LogP contribution >= 0.6 is 23.4 Å². The number of nitrogens with one attached hydrogen (secondary N) is 1. The molecule has 0 aliphatic heterocycles. The third-order valence-electron chi connectivity index (χ3n) is 4.79. The van der Waals surface area contributed by atoms with E-state index in [0.717, 1.165) is 5.69 Å². The second-order valence-corrected chi connectivity index (χ2v) is 9.97. The molecule has 0 saturated carbocycles. The summed E-state index contributed by atoms with van der Waals surface area (Å²) >= 11 is 7.47. The summed E-state index contributed by atoms with van der Waals surface area (Å²) in [5.41, 5.74) is 2.07. The quantitative estimate of drug-likeness (QED) is 0.476. The van der Waals surface area contributed by atoms with E-state index in [1.54, 1.807) is 12.1 Å². The average molecular weight is 459 g/mol. The molecule has 0 aliphatic rings. The van der Waals surface area contributed by atoms with Crippen LogP contribution in [0.5, 0.6) is 5.75 Å². The van der Waals surface area contributed by atoms with Gasteiger partial charge >= 0.3 is 0 Å². The van der Waals surface area contributed by atoms with Crippen LogP contribution < -0.4 is 10.1 Å². The van der Waals surface area contributed by atoms with Crippen molar-refractivity contribution in [3.63, 3.8) is 0 Å². The summed E-state index contributed by atoms with van der Waals surface area (Å²) in [4.78, 5) is 12.6. The van der Waals surface area contributed by atoms with E-state index in [1.165, 1.54) is 17.3 Å². The van der Waals surface area contributed by atoms with E-state index in [1.807, 2.05) is 54.9 Å². The highest BCUT2D eigenvalue weighted by Crippen LogP contribution is 2.27. The van der Waals surface area contributed by atoms with Crippen molar-refractivity contribution >= 4 is 35.0 Å². The predicted molar refractivity (Wildman–Crippen MR) is 126 cm³/mol. The topological polar surface area (TPSA) is 69.0 Å². The molecule has 1 N–H and O–H groups in total. The molecular weight excluding hydrogens is 432 g/mol. The van der Waals surface area contributed by atoms with Crippen LogP contribution in [0.15, 0.2) is 53.7 Å². The second kappa shape index (κ2) is 9.75. The first-order valence-electron chi connectivity index (χ1n) is 9.99. The summed E-state index contributed by atoms with van der Waals surface area (Å²) in [6.45, 7) is 8.56. The third kappa shape index (κ3) is 6.02. The number of ether oxygens (including phenoxy) is 1. The Morgan fingerprint density at radius 3 is 2.48 bits per heavy atom. The summed E-state index contributed by atoms with van der Waals surface area (Å²) in [5, 5.41) is 12.2. The third-order valence-corrected chi connectivity index (χ3v) is 6.23. The molecule has 1 amide bonds. The number of anilines is 1. The molecule has 1 unspecified atom stereocenters. The Hall–Kier alpha value is -2.51. The number of thioether (sulfide) groups is 1. The van der Waals surface area contributed by atoms with Gasteiger partial charge in [0.25, 0.3) is 0 Å². The van der Waals surface area contributed by atoms with Gasteiger partial charge in [0, 0.05) is 12.7 Å². The zero-order valence-electron chi connectivity index (χ0n) is 18.3. The predicted octanol–water partition coefficient (Wildman–Crippen LogP) is 5.46. The highest BCUT2D eigenvalue weighted by molar-refractivity contribution is 8.00. The number of amides is 1. The lowest BCUT2D eigenvalue weighted by atomic mass is 9.87. The molecule has 31 heavy (non-hydrogen) atoms. The van der Waals surface area contributed by atoms with Gasteiger partial charge in [0.15, 0.2) is 11.0 Å². The van der Waals surface area contributed by atoms with Crippen molar-refractivity contribution in [1.29, 1.82) is 0 Å². The number of para-hydroxylation sites is 1. The van der Waals surface area contributed by atoms with Crippen molar-refractivity contribution in [2.45, 2.75) is 50.1 Å². The van der Waals surface area contributed by atoms with E-state index < -0.39 is 0 Å². The van der Waals surface area contributed by atoms with Crippen LogP contribution in [0.4, 0.5) is 5.69 Å². The molecule has 6 nitrogen and oxygen atoms in total. The standard InChI is InChI=1S/C23H27ClN4O2S/c1-15(21(29)25-17-12-10-16(11-13-17)23(2,3)4)31-22-27-26-20(28(22)5)14-30-19-9-7-6-8-18(19)24/h6-13,15H,14H2,1-5H3,(H,25,29). The number of aromatic nitrogens is 3. The van der Waals surface area contributed by atoms with Gasteiger partial charge in [-0.2, -0.15) is 0 Å². The first kappa shape index (κ1) is 23.2. The minimum Gasteiger partial charge on any atom is -0.484 e. The second-order valence-electron chi connectivity index (χ2n) is 8.25. The molecule has 0 saturated heterocycles. The molecule has 3 aromatic rings. The van der Waals surface area contributed by atoms with Crippen LogP contribution in [-0.4, -0.2) is 25.9 Å². The fraction of sp³-hybridized carbons (Fsp3) is 0.348. The van der Waals surface area contributed by atoms with Gasteiger partial charge in [-0.1, -0.05) is 68.4 Å². The van der Waals surface area contributed by atoms with Crippen molar-refractivity contribution in [1.82, 2.24) is 14.8 Å². The Labute approximate surface area is 192 Å². The van der Waals surface area contributed by atoms with E-state index in [0.29, 0.717) is 21.8 Å². The SMILES string of the molecule is CC(Sc1nnc(COc2ccccc2Cl)n1C)C(=O)Nc1ccc(C(C)(C)C)cc1. The Kier molecular flexibility index (Phi) is 7.28. The zero-order valence-corrected chi connectivity index (χ0v) is 19.9. The van der Waals surface area contributed by atoms with Crippen LogP contribution in [0.25, 0.3) is 0 Å². The Morgan fingerprint density at radius 1 is 1.16 bits per heavy atom. The Morgan fingerprint density at radius 2 is 1.84 bits per heavy atom. The molecule has 0 fully saturated rings. The molecule has 0 spiro atoms. The zero-order chi connectivity index (χ0) is 22.6. The van der Waals surface area contributed by atoms with Gasteiger partial charge in [0.2, 0.25) is 5.91 Å². The van der Waals surface area contributed by atoms with E-state index in [2.05, 4.69) is 36.3 Å². The maximum Gasteiger partial charge on any atom is 0.237 e. The lowest BCUT2D eigenvalue weighted by Gasteiger charge is -2.19. The number of nitrogens with zero attached hydrogens (tertiary/aromatic N) is 3. The van der Waals surface area contributed by atoms with Gasteiger partial charge in [-0.3, -0.25) is 4.79 Å². The number of carbonyl (C=O) groups excluding carboxylic acids is 1. The van der Waals surface area contributed by atoms with Gasteiger partial charge in [0.1, 0.15) is 12.4 Å². The molecular formula is C23H27ClN4O2S. The van der Waals surface area contributed by atoms with Crippen LogP contribution in [0, 0.1) is 0 Å². The van der Waals surface area contributed by atoms with Gasteiger partial charge < -0.3 is 14.6 Å². The number of rotatable bonds is 7. The van der Waals surface area contributed by atoms with Crippen molar-refractivity contribution < 1.29 is 9.53 Å². The fourth-order valence-electron chi connectivity index (χ4n) is 2.79. The molecule has 3 rings (SSSR count). The molecule has 0 radical (unpaired) electrons. The molecule has 0 bridgehead atoms. The maximum absolute atomic E-state index is 12.6. The van der Waals surface area contributed by atoms with Crippen LogP contribution in [0.2, 0.25) is 5.02 Å². The molecule has 8 heteroatoms. The number of benzene rings is 2. The first-order chi connectivity index (χ1) is 14.6.